The van der Waals surface area contributed by atoms with Gasteiger partial charge in [0.05, 0.1) is 21.5 Å². The topological polar surface area (TPSA) is 91.8 Å². The van der Waals surface area contributed by atoms with E-state index in [2.05, 4.69) is 30.9 Å². The molecule has 33 heavy (non-hydrogen) atoms. The highest BCUT2D eigenvalue weighted by atomic mass is 35.5. The van der Waals surface area contributed by atoms with Crippen molar-refractivity contribution in [3.63, 3.8) is 0 Å². The van der Waals surface area contributed by atoms with E-state index in [1.807, 2.05) is 54.8 Å². The number of anilines is 4. The molecular weight excluding hydrogens is 456 g/mol. The monoisotopic (exact) mass is 474 g/mol. The number of nitrogens with one attached hydrogen (secondary N) is 3. The van der Waals surface area contributed by atoms with E-state index in [-0.39, 0.29) is 5.91 Å². The largest absolute Gasteiger partial charge is 0.372 e. The predicted octanol–water partition coefficient (Wildman–Crippen LogP) is 6.24. The van der Waals surface area contributed by atoms with E-state index in [9.17, 15) is 4.79 Å². The molecule has 7 nitrogen and oxygen atoms in total. The van der Waals surface area contributed by atoms with Crippen LogP contribution in [0.4, 0.5) is 23.0 Å². The maximum absolute atomic E-state index is 13.3. The molecule has 0 saturated heterocycles. The molecule has 0 unspecified atom stereocenters. The summed E-state index contributed by atoms with van der Waals surface area (Å²) in [5.74, 6) is 1.16. The van der Waals surface area contributed by atoms with Gasteiger partial charge in [-0.1, -0.05) is 29.8 Å². The van der Waals surface area contributed by atoms with Gasteiger partial charge in [-0.2, -0.15) is 0 Å². The molecule has 0 saturated carbocycles. The van der Waals surface area contributed by atoms with Crippen molar-refractivity contribution in [2.45, 2.75) is 6.92 Å². The summed E-state index contributed by atoms with van der Waals surface area (Å²) in [5, 5.41) is 13.7. The molecule has 0 aliphatic rings. The Morgan fingerprint density at radius 3 is 2.73 bits per heavy atom. The molecular formula is C24H19ClN6OS. The number of rotatable bonds is 5. The zero-order chi connectivity index (χ0) is 22.9. The fourth-order valence-corrected chi connectivity index (χ4v) is 4.89. The summed E-state index contributed by atoms with van der Waals surface area (Å²) in [6.45, 7) is 1.96. The number of halogens is 1. The lowest BCUT2D eigenvalue weighted by atomic mass is 10.0. The van der Waals surface area contributed by atoms with Crippen LogP contribution in [-0.4, -0.2) is 27.9 Å². The number of hydrogen-bond donors (Lipinski definition) is 3. The summed E-state index contributed by atoms with van der Waals surface area (Å²) in [5.41, 5.74) is 3.65. The molecule has 164 valence electrons. The van der Waals surface area contributed by atoms with Gasteiger partial charge in [-0.05, 0) is 36.8 Å². The summed E-state index contributed by atoms with van der Waals surface area (Å²) < 4.78 is 0.844. The zero-order valence-corrected chi connectivity index (χ0v) is 19.4. The number of nitrogens with zero attached hydrogens (tertiary/aromatic N) is 3. The van der Waals surface area contributed by atoms with Crippen molar-refractivity contribution in [2.75, 3.05) is 23.0 Å². The number of aromatic nitrogens is 3. The number of thiophene rings is 1. The van der Waals surface area contributed by atoms with E-state index in [0.717, 1.165) is 32.4 Å². The Balaban J connectivity index is 1.53. The quantitative estimate of drug-likeness (QED) is 0.279. The van der Waals surface area contributed by atoms with Crippen LogP contribution in [0.3, 0.4) is 0 Å². The number of amides is 1. The van der Waals surface area contributed by atoms with E-state index >= 15 is 0 Å². The minimum Gasteiger partial charge on any atom is -0.372 e. The Hall–Kier alpha value is -3.75. The normalized spacial score (nSPS) is 11.0. The molecule has 0 spiro atoms. The number of hydrogen-bond acceptors (Lipinski definition) is 7. The van der Waals surface area contributed by atoms with E-state index in [4.69, 9.17) is 11.6 Å². The van der Waals surface area contributed by atoms with Gasteiger partial charge in [0.15, 0.2) is 0 Å². The Bertz CT molecular complexity index is 1520. The number of benzene rings is 2. The Morgan fingerprint density at radius 2 is 1.91 bits per heavy atom. The van der Waals surface area contributed by atoms with Crippen LogP contribution in [0.25, 0.3) is 21.0 Å². The lowest BCUT2D eigenvalue weighted by Crippen LogP contribution is -2.13. The fraction of sp³-hybridized carbons (Fsp3) is 0.0833. The van der Waals surface area contributed by atoms with Gasteiger partial charge in [0, 0.05) is 40.1 Å². The van der Waals surface area contributed by atoms with Gasteiger partial charge >= 0.3 is 0 Å². The molecule has 3 N–H and O–H groups in total. The van der Waals surface area contributed by atoms with Crippen molar-refractivity contribution in [3.8, 4) is 0 Å². The molecule has 9 heteroatoms. The third kappa shape index (κ3) is 3.94. The summed E-state index contributed by atoms with van der Waals surface area (Å²) in [6.07, 6.45) is 3.18. The molecule has 0 aliphatic carbocycles. The Kier molecular flexibility index (Phi) is 5.53. The van der Waals surface area contributed by atoms with Crippen molar-refractivity contribution in [2.24, 2.45) is 0 Å². The van der Waals surface area contributed by atoms with Crippen LogP contribution in [0.15, 0.2) is 60.4 Å². The fourth-order valence-electron chi connectivity index (χ4n) is 3.70. The molecule has 0 atom stereocenters. The van der Waals surface area contributed by atoms with E-state index in [0.29, 0.717) is 27.7 Å². The van der Waals surface area contributed by atoms with Crippen LogP contribution in [0.1, 0.15) is 15.9 Å². The second-order valence-electron chi connectivity index (χ2n) is 7.40. The van der Waals surface area contributed by atoms with Crippen LogP contribution in [0.5, 0.6) is 0 Å². The van der Waals surface area contributed by atoms with Gasteiger partial charge in [0.1, 0.15) is 18.0 Å². The average Bonchev–Trinajstić information content (AvgIpc) is 3.25. The first-order valence-corrected chi connectivity index (χ1v) is 11.4. The van der Waals surface area contributed by atoms with Crippen molar-refractivity contribution < 1.29 is 4.79 Å². The second kappa shape index (κ2) is 8.65. The Morgan fingerprint density at radius 1 is 1.03 bits per heavy atom. The molecule has 0 radical (unpaired) electrons. The highest BCUT2D eigenvalue weighted by molar-refractivity contribution is 7.18. The van der Waals surface area contributed by atoms with Crippen LogP contribution < -0.4 is 16.0 Å². The molecule has 3 aromatic heterocycles. The number of aryl methyl sites for hydroxylation is 1. The average molecular weight is 475 g/mol. The smallest absolute Gasteiger partial charge is 0.258 e. The van der Waals surface area contributed by atoms with Crippen molar-refractivity contribution in [1.29, 1.82) is 0 Å². The van der Waals surface area contributed by atoms with Crippen molar-refractivity contribution in [1.82, 2.24) is 15.0 Å². The summed E-state index contributed by atoms with van der Waals surface area (Å²) >= 11 is 7.56. The predicted molar refractivity (Wildman–Crippen MR) is 136 cm³/mol. The van der Waals surface area contributed by atoms with Crippen LogP contribution in [0, 0.1) is 6.92 Å². The highest BCUT2D eigenvalue weighted by Crippen LogP contribution is 2.34. The van der Waals surface area contributed by atoms with Gasteiger partial charge in [-0.15, -0.1) is 11.3 Å². The highest BCUT2D eigenvalue weighted by Gasteiger charge is 2.18. The van der Waals surface area contributed by atoms with E-state index < -0.39 is 0 Å². The summed E-state index contributed by atoms with van der Waals surface area (Å²) in [7, 11) is 1.80. The lowest BCUT2D eigenvalue weighted by molar-refractivity contribution is 0.102. The second-order valence-corrected chi connectivity index (χ2v) is 8.72. The van der Waals surface area contributed by atoms with Crippen LogP contribution in [0.2, 0.25) is 5.02 Å². The van der Waals surface area contributed by atoms with Crippen molar-refractivity contribution >= 4 is 72.8 Å². The number of carbonyl (C=O) groups excluding carboxylic acids is 1. The van der Waals surface area contributed by atoms with E-state index in [1.54, 1.807) is 13.2 Å². The number of pyridine rings is 1. The van der Waals surface area contributed by atoms with Crippen LogP contribution >= 0.6 is 22.9 Å². The molecule has 5 rings (SSSR count). The van der Waals surface area contributed by atoms with Crippen molar-refractivity contribution in [3.05, 3.63) is 76.5 Å². The number of fused-ring (bicyclic) bond motifs is 2. The lowest BCUT2D eigenvalue weighted by Gasteiger charge is -2.15. The standard InChI is InChI=1S/C24H19ClN6OS/c1-13-6-7-17-16(8-9-27-22(17)30-15-5-3-4-14(25)10-15)19(13)31-24(32)18-11-33-21-20(18)28-12-29-23(21)26-2/h3-12H,1-2H3,(H,27,30)(H,31,32)(H,26,28,29). The molecule has 1 amide bonds. The number of carbonyl (C=O) groups is 1. The third-order valence-corrected chi connectivity index (χ3v) is 6.53. The Labute approximate surface area is 198 Å². The minimum atomic E-state index is -0.223. The summed E-state index contributed by atoms with van der Waals surface area (Å²) in [4.78, 5) is 26.3. The van der Waals surface area contributed by atoms with E-state index in [1.165, 1.54) is 17.7 Å². The SMILES string of the molecule is CNc1ncnc2c(C(=O)Nc3c(C)ccc4c(Nc5cccc(Cl)c5)nccc34)csc12. The molecule has 2 aromatic carbocycles. The van der Waals surface area contributed by atoms with Crippen LogP contribution in [-0.2, 0) is 0 Å². The maximum atomic E-state index is 13.3. The third-order valence-electron chi connectivity index (χ3n) is 5.31. The first-order chi connectivity index (χ1) is 16.0. The maximum Gasteiger partial charge on any atom is 0.258 e. The van der Waals surface area contributed by atoms with Gasteiger partial charge in [-0.25, -0.2) is 15.0 Å². The first-order valence-electron chi connectivity index (χ1n) is 10.2. The zero-order valence-electron chi connectivity index (χ0n) is 17.8. The minimum absolute atomic E-state index is 0.223. The van der Waals surface area contributed by atoms with Gasteiger partial charge in [0.2, 0.25) is 0 Å². The van der Waals surface area contributed by atoms with Gasteiger partial charge in [0.25, 0.3) is 5.91 Å². The summed E-state index contributed by atoms with van der Waals surface area (Å²) in [6, 6.07) is 13.3. The molecule has 0 aliphatic heterocycles. The first kappa shape index (κ1) is 21.1. The van der Waals surface area contributed by atoms with Gasteiger partial charge < -0.3 is 16.0 Å². The molecule has 5 aromatic rings. The molecule has 0 bridgehead atoms. The molecule has 3 heterocycles. The molecule has 0 fully saturated rings. The van der Waals surface area contributed by atoms with Gasteiger partial charge in [-0.3, -0.25) is 4.79 Å².